The summed E-state index contributed by atoms with van der Waals surface area (Å²) in [5.74, 6) is -0.408. The molecule has 72 valence electrons. The maximum Gasteiger partial charge on any atom is 0.248 e. The highest BCUT2D eigenvalue weighted by atomic mass is 16.1. The first-order valence-corrected chi connectivity index (χ1v) is 4.21. The normalized spacial score (nSPS) is 15.4. The first-order valence-electron chi connectivity index (χ1n) is 4.21. The zero-order valence-corrected chi connectivity index (χ0v) is 7.45. The lowest BCUT2D eigenvalue weighted by molar-refractivity contribution is -0.114. The number of nitrogens with one attached hydrogen (secondary N) is 2. The second-order valence-electron chi connectivity index (χ2n) is 2.93. The number of hydrogen-bond donors (Lipinski definition) is 3. The monoisotopic (exact) mass is 190 g/mol. The van der Waals surface area contributed by atoms with Gasteiger partial charge in [-0.3, -0.25) is 9.78 Å². The van der Waals surface area contributed by atoms with Crippen molar-refractivity contribution in [2.24, 2.45) is 5.73 Å². The van der Waals surface area contributed by atoms with Crippen LogP contribution in [0.2, 0.25) is 0 Å². The molecule has 0 radical (unpaired) electrons. The molecule has 2 rings (SSSR count). The van der Waals surface area contributed by atoms with Gasteiger partial charge < -0.3 is 11.2 Å². The van der Waals surface area contributed by atoms with Crippen molar-refractivity contribution in [3.05, 3.63) is 35.7 Å². The van der Waals surface area contributed by atoms with Gasteiger partial charge in [-0.2, -0.15) is 0 Å². The summed E-state index contributed by atoms with van der Waals surface area (Å²) in [7, 11) is 0. The second-order valence-corrected chi connectivity index (χ2v) is 2.93. The van der Waals surface area contributed by atoms with Crippen molar-refractivity contribution < 1.29 is 4.79 Å². The molecular weight excluding hydrogens is 180 g/mol. The van der Waals surface area contributed by atoms with Crippen molar-refractivity contribution >= 4 is 11.6 Å². The van der Waals surface area contributed by atoms with Gasteiger partial charge in [0.15, 0.2) is 0 Å². The topological polar surface area (TPSA) is 80.0 Å². The van der Waals surface area contributed by atoms with Crippen LogP contribution in [-0.4, -0.2) is 17.4 Å². The molecule has 1 aliphatic rings. The number of hydrazine groups is 1. The van der Waals surface area contributed by atoms with Crippen LogP contribution in [0.5, 0.6) is 0 Å². The number of amides is 1. The van der Waals surface area contributed by atoms with Gasteiger partial charge in [0.05, 0.1) is 11.3 Å². The minimum atomic E-state index is -0.408. The fourth-order valence-electron chi connectivity index (χ4n) is 1.36. The summed E-state index contributed by atoms with van der Waals surface area (Å²) >= 11 is 0. The molecule has 5 heteroatoms. The third kappa shape index (κ3) is 1.45. The molecule has 0 atom stereocenters. The molecule has 1 amide bonds. The third-order valence-corrected chi connectivity index (χ3v) is 2.05. The van der Waals surface area contributed by atoms with Crippen LogP contribution < -0.4 is 16.6 Å². The van der Waals surface area contributed by atoms with E-state index >= 15 is 0 Å². The minimum Gasteiger partial charge on any atom is -0.366 e. The maximum atomic E-state index is 11.1. The van der Waals surface area contributed by atoms with Crippen molar-refractivity contribution in [2.45, 2.75) is 0 Å². The second kappa shape index (κ2) is 3.47. The molecule has 4 N–H and O–H groups in total. The van der Waals surface area contributed by atoms with Gasteiger partial charge in [0, 0.05) is 24.5 Å². The van der Waals surface area contributed by atoms with Crippen LogP contribution in [0.25, 0.3) is 5.70 Å². The number of nitrogens with zero attached hydrogens (tertiary/aromatic N) is 1. The molecule has 0 fully saturated rings. The van der Waals surface area contributed by atoms with E-state index in [2.05, 4.69) is 15.8 Å². The Morgan fingerprint density at radius 1 is 1.43 bits per heavy atom. The van der Waals surface area contributed by atoms with E-state index in [0.29, 0.717) is 12.1 Å². The fourth-order valence-corrected chi connectivity index (χ4v) is 1.36. The van der Waals surface area contributed by atoms with Crippen LogP contribution in [0.15, 0.2) is 30.1 Å². The Hall–Kier alpha value is -1.88. The number of pyridine rings is 1. The van der Waals surface area contributed by atoms with Crippen LogP contribution in [-0.2, 0) is 4.79 Å². The number of hydrogen-bond acceptors (Lipinski definition) is 4. The van der Waals surface area contributed by atoms with E-state index in [4.69, 9.17) is 5.73 Å². The molecule has 1 aromatic rings. The predicted octanol–water partition coefficient (Wildman–Crippen LogP) is -0.614. The van der Waals surface area contributed by atoms with Gasteiger partial charge in [-0.15, -0.1) is 0 Å². The first-order chi connectivity index (χ1) is 6.79. The third-order valence-electron chi connectivity index (χ3n) is 2.05. The van der Waals surface area contributed by atoms with Gasteiger partial charge in [0.25, 0.3) is 0 Å². The molecule has 1 aliphatic heterocycles. The van der Waals surface area contributed by atoms with Crippen molar-refractivity contribution in [2.75, 3.05) is 6.54 Å². The summed E-state index contributed by atoms with van der Waals surface area (Å²) in [6, 6.07) is 3.64. The summed E-state index contributed by atoms with van der Waals surface area (Å²) in [4.78, 5) is 15.0. The lowest BCUT2D eigenvalue weighted by Gasteiger charge is -2.03. The van der Waals surface area contributed by atoms with E-state index in [1.54, 1.807) is 12.4 Å². The van der Waals surface area contributed by atoms with E-state index in [1.807, 2.05) is 12.1 Å². The summed E-state index contributed by atoms with van der Waals surface area (Å²) in [6.07, 6.45) is 3.34. The van der Waals surface area contributed by atoms with Crippen molar-refractivity contribution in [3.8, 4) is 0 Å². The predicted molar refractivity (Wildman–Crippen MR) is 51.5 cm³/mol. The molecule has 0 unspecified atom stereocenters. The van der Waals surface area contributed by atoms with Gasteiger partial charge >= 0.3 is 0 Å². The van der Waals surface area contributed by atoms with Gasteiger partial charge in [0.1, 0.15) is 0 Å². The van der Waals surface area contributed by atoms with Crippen molar-refractivity contribution in [1.29, 1.82) is 0 Å². The van der Waals surface area contributed by atoms with Crippen LogP contribution in [0, 0.1) is 0 Å². The van der Waals surface area contributed by atoms with E-state index in [-0.39, 0.29) is 0 Å². The molecule has 0 saturated heterocycles. The molecule has 5 nitrogen and oxygen atoms in total. The van der Waals surface area contributed by atoms with Crippen molar-refractivity contribution in [3.63, 3.8) is 0 Å². The summed E-state index contributed by atoms with van der Waals surface area (Å²) in [6.45, 7) is 0.451. The molecule has 0 bridgehead atoms. The number of carbonyl (C=O) groups is 1. The number of primary amides is 1. The smallest absolute Gasteiger partial charge is 0.248 e. The Balaban J connectivity index is 2.43. The average Bonchev–Trinajstić information content (AvgIpc) is 2.67. The molecule has 0 aromatic carbocycles. The van der Waals surface area contributed by atoms with Crippen LogP contribution in [0.1, 0.15) is 5.56 Å². The quantitative estimate of drug-likeness (QED) is 0.581. The largest absolute Gasteiger partial charge is 0.366 e. The zero-order chi connectivity index (χ0) is 9.97. The van der Waals surface area contributed by atoms with Gasteiger partial charge in [-0.1, -0.05) is 0 Å². The summed E-state index contributed by atoms with van der Waals surface area (Å²) in [5, 5.41) is 0. The van der Waals surface area contributed by atoms with E-state index in [0.717, 1.165) is 11.3 Å². The highest BCUT2D eigenvalue weighted by Crippen LogP contribution is 2.17. The Kier molecular flexibility index (Phi) is 2.16. The van der Waals surface area contributed by atoms with E-state index in [9.17, 15) is 4.79 Å². The Labute approximate surface area is 81.0 Å². The van der Waals surface area contributed by atoms with E-state index in [1.165, 1.54) is 0 Å². The van der Waals surface area contributed by atoms with Gasteiger partial charge in [-0.25, -0.2) is 5.43 Å². The minimum absolute atomic E-state index is 0.408. The van der Waals surface area contributed by atoms with Crippen LogP contribution in [0.3, 0.4) is 0 Å². The van der Waals surface area contributed by atoms with Gasteiger partial charge in [-0.05, 0) is 12.1 Å². The van der Waals surface area contributed by atoms with Crippen molar-refractivity contribution in [1.82, 2.24) is 15.8 Å². The Morgan fingerprint density at radius 2 is 2.14 bits per heavy atom. The Bertz CT molecular complexity index is 385. The first kappa shape index (κ1) is 8.71. The number of aromatic nitrogens is 1. The summed E-state index contributed by atoms with van der Waals surface area (Å²) in [5.41, 5.74) is 13.2. The molecule has 2 heterocycles. The lowest BCUT2D eigenvalue weighted by atomic mass is 10.1. The number of nitrogens with two attached hydrogens (primary N) is 1. The Morgan fingerprint density at radius 3 is 2.79 bits per heavy atom. The standard InChI is InChI=1S/C9H10N4O/c10-9(14)7-5-12-13-8(7)6-1-3-11-4-2-6/h1-4,12-13H,5H2,(H2,10,14). The highest BCUT2D eigenvalue weighted by molar-refractivity contribution is 6.01. The molecule has 14 heavy (non-hydrogen) atoms. The number of rotatable bonds is 2. The summed E-state index contributed by atoms with van der Waals surface area (Å²) < 4.78 is 0. The van der Waals surface area contributed by atoms with E-state index < -0.39 is 5.91 Å². The lowest BCUT2D eigenvalue weighted by Crippen LogP contribution is -2.24. The average molecular weight is 190 g/mol. The molecule has 1 aromatic heterocycles. The molecule has 0 saturated carbocycles. The zero-order valence-electron chi connectivity index (χ0n) is 7.45. The van der Waals surface area contributed by atoms with Crippen LogP contribution >= 0.6 is 0 Å². The fraction of sp³-hybridized carbons (Fsp3) is 0.111. The molecular formula is C9H10N4O. The number of carbonyl (C=O) groups excluding carboxylic acids is 1. The van der Waals surface area contributed by atoms with Gasteiger partial charge in [0.2, 0.25) is 5.91 Å². The van der Waals surface area contributed by atoms with Crippen LogP contribution in [0.4, 0.5) is 0 Å². The molecule has 0 aliphatic carbocycles. The maximum absolute atomic E-state index is 11.1. The SMILES string of the molecule is NC(=O)C1=C(c2ccncc2)NNC1. The highest BCUT2D eigenvalue weighted by Gasteiger charge is 2.18. The molecule has 0 spiro atoms.